The second-order valence-electron chi connectivity index (χ2n) is 7.68. The molecule has 8 nitrogen and oxygen atoms in total. The molecule has 0 bridgehead atoms. The van der Waals surface area contributed by atoms with Gasteiger partial charge in [-0.15, -0.1) is 0 Å². The van der Waals surface area contributed by atoms with Crippen molar-refractivity contribution >= 4 is 5.97 Å². The third kappa shape index (κ3) is 4.17. The number of rotatable bonds is 5. The van der Waals surface area contributed by atoms with Crippen LogP contribution in [-0.2, 0) is 22.0 Å². The molecule has 2 aromatic rings. The number of aromatic nitrogens is 4. The number of carbonyl (C=O) groups excluding carboxylic acids is 1. The fourth-order valence-corrected chi connectivity index (χ4v) is 2.45. The predicted octanol–water partition coefficient (Wildman–Crippen LogP) is 2.12. The maximum absolute atomic E-state index is 14.7. The number of tetrazole rings is 1. The third-order valence-corrected chi connectivity index (χ3v) is 3.94. The minimum absolute atomic E-state index is 0.0128. The highest BCUT2D eigenvalue weighted by molar-refractivity contribution is 5.79. The molecule has 0 aliphatic rings. The molecule has 0 amide bonds. The Balaban J connectivity index is 2.66. The van der Waals surface area contributed by atoms with Gasteiger partial charge in [-0.3, -0.25) is 0 Å². The molecule has 2 rings (SSSR count). The summed E-state index contributed by atoms with van der Waals surface area (Å²) in [6.07, 6.45) is 0. The Labute approximate surface area is 156 Å². The van der Waals surface area contributed by atoms with Crippen molar-refractivity contribution in [3.05, 3.63) is 34.0 Å². The van der Waals surface area contributed by atoms with Gasteiger partial charge in [0.1, 0.15) is 17.3 Å². The van der Waals surface area contributed by atoms with Gasteiger partial charge in [0.05, 0.1) is 6.61 Å². The summed E-state index contributed by atoms with van der Waals surface area (Å²) in [5, 5.41) is 7.49. The fraction of sp³-hybridized carbons (Fsp3) is 0.556. The first-order valence-corrected chi connectivity index (χ1v) is 8.58. The lowest BCUT2D eigenvalue weighted by Crippen LogP contribution is -2.40. The summed E-state index contributed by atoms with van der Waals surface area (Å²) in [6.45, 7) is 10.4. The molecule has 9 heteroatoms. The molecule has 0 radical (unpaired) electrons. The Morgan fingerprint density at radius 1 is 1.19 bits per heavy atom. The van der Waals surface area contributed by atoms with Gasteiger partial charge < -0.3 is 9.47 Å². The van der Waals surface area contributed by atoms with E-state index in [4.69, 9.17) is 9.47 Å². The topological polar surface area (TPSA) is 88.2 Å². The van der Waals surface area contributed by atoms with Gasteiger partial charge in [0.15, 0.2) is 5.60 Å². The van der Waals surface area contributed by atoms with Crippen molar-refractivity contribution in [2.45, 2.75) is 52.6 Å². The number of benzene rings is 1. The molecule has 0 saturated carbocycles. The zero-order valence-electron chi connectivity index (χ0n) is 16.7. The summed E-state index contributed by atoms with van der Waals surface area (Å²) in [5.74, 6) is -1.14. The molecule has 0 aliphatic carbocycles. The number of hydrogen-bond donors (Lipinski definition) is 0. The molecule has 0 unspecified atom stereocenters. The highest BCUT2D eigenvalue weighted by Gasteiger charge is 2.34. The molecular weight excluding hydrogens is 355 g/mol. The zero-order valence-corrected chi connectivity index (χ0v) is 16.7. The summed E-state index contributed by atoms with van der Waals surface area (Å²) in [5.41, 5.74) is -1.89. The highest BCUT2D eigenvalue weighted by Crippen LogP contribution is 2.34. The zero-order chi connectivity index (χ0) is 20.6. The van der Waals surface area contributed by atoms with Crippen LogP contribution >= 0.6 is 0 Å². The van der Waals surface area contributed by atoms with Gasteiger partial charge in [0, 0.05) is 13.1 Å². The summed E-state index contributed by atoms with van der Waals surface area (Å²) in [7, 11) is 1.45. The van der Waals surface area contributed by atoms with E-state index in [2.05, 4.69) is 10.4 Å². The van der Waals surface area contributed by atoms with Crippen LogP contribution in [0.5, 0.6) is 5.75 Å². The number of halogens is 1. The van der Waals surface area contributed by atoms with Crippen LogP contribution in [-0.4, -0.2) is 38.0 Å². The lowest BCUT2D eigenvalue weighted by atomic mass is 9.86. The number of nitrogens with zero attached hydrogens (tertiary/aromatic N) is 4. The third-order valence-electron chi connectivity index (χ3n) is 3.94. The van der Waals surface area contributed by atoms with Gasteiger partial charge in [-0.1, -0.05) is 20.8 Å². The average molecular weight is 380 g/mol. The van der Waals surface area contributed by atoms with Crippen molar-refractivity contribution in [1.82, 2.24) is 19.8 Å². The number of ether oxygens (including phenoxy) is 2. The Morgan fingerprint density at radius 3 is 2.30 bits per heavy atom. The van der Waals surface area contributed by atoms with Gasteiger partial charge in [-0.05, 0) is 48.2 Å². The van der Waals surface area contributed by atoms with Crippen LogP contribution in [0.3, 0.4) is 0 Å². The summed E-state index contributed by atoms with van der Waals surface area (Å²) in [4.78, 5) is 24.5. The summed E-state index contributed by atoms with van der Waals surface area (Å²) < 4.78 is 27.6. The Kier molecular flexibility index (Phi) is 5.44. The second-order valence-corrected chi connectivity index (χ2v) is 7.68. The van der Waals surface area contributed by atoms with E-state index in [-0.39, 0.29) is 18.0 Å². The first kappa shape index (κ1) is 20.6. The van der Waals surface area contributed by atoms with Gasteiger partial charge in [-0.2, -0.15) is 9.36 Å². The van der Waals surface area contributed by atoms with Gasteiger partial charge in [0.25, 0.3) is 0 Å². The van der Waals surface area contributed by atoms with Gasteiger partial charge >= 0.3 is 11.7 Å². The highest BCUT2D eigenvalue weighted by atomic mass is 19.1. The van der Waals surface area contributed by atoms with Crippen LogP contribution in [0.4, 0.5) is 4.39 Å². The fourth-order valence-electron chi connectivity index (χ4n) is 2.45. The van der Waals surface area contributed by atoms with Gasteiger partial charge in [0.2, 0.25) is 0 Å². The minimum atomic E-state index is -1.40. The number of hydrogen-bond acceptors (Lipinski definition) is 6. The molecule has 0 atom stereocenters. The van der Waals surface area contributed by atoms with Crippen LogP contribution in [0, 0.1) is 5.82 Å². The molecular formula is C18H25FN4O4. The minimum Gasteiger partial charge on any atom is -0.474 e. The maximum Gasteiger partial charge on any atom is 0.368 e. The molecule has 0 saturated heterocycles. The molecule has 0 aliphatic heterocycles. The molecule has 1 aromatic carbocycles. The van der Waals surface area contributed by atoms with Crippen molar-refractivity contribution < 1.29 is 18.7 Å². The number of esters is 1. The van der Waals surface area contributed by atoms with E-state index in [9.17, 15) is 14.0 Å². The lowest BCUT2D eigenvalue weighted by Gasteiger charge is -2.27. The maximum atomic E-state index is 14.7. The van der Waals surface area contributed by atoms with Crippen molar-refractivity contribution in [3.63, 3.8) is 0 Å². The normalized spacial score (nSPS) is 12.1. The van der Waals surface area contributed by atoms with E-state index in [0.717, 1.165) is 15.4 Å². The Morgan fingerprint density at radius 2 is 1.81 bits per heavy atom. The number of carbonyl (C=O) groups is 1. The van der Waals surface area contributed by atoms with Gasteiger partial charge in [-0.25, -0.2) is 14.0 Å². The monoisotopic (exact) mass is 380 g/mol. The summed E-state index contributed by atoms with van der Waals surface area (Å²) in [6, 6.07) is 2.64. The first-order chi connectivity index (χ1) is 12.4. The molecule has 1 aromatic heterocycles. The van der Waals surface area contributed by atoms with Crippen LogP contribution in [0.2, 0.25) is 0 Å². The van der Waals surface area contributed by atoms with Crippen molar-refractivity contribution in [3.8, 4) is 11.4 Å². The molecule has 0 spiro atoms. The standard InChI is InChI=1S/C18H25FN4O4/c1-8-26-15(24)18(5,6)27-14-10-12(19)11(17(2,3)4)9-13(14)23-16(25)22(7)20-21-23/h9-10H,8H2,1-7H3. The lowest BCUT2D eigenvalue weighted by molar-refractivity contribution is -0.158. The smallest absolute Gasteiger partial charge is 0.368 e. The van der Waals surface area contributed by atoms with Crippen molar-refractivity contribution in [2.24, 2.45) is 7.05 Å². The van der Waals surface area contributed by atoms with E-state index in [1.807, 2.05) is 20.8 Å². The largest absolute Gasteiger partial charge is 0.474 e. The molecule has 27 heavy (non-hydrogen) atoms. The van der Waals surface area contributed by atoms with Crippen LogP contribution in [0.15, 0.2) is 16.9 Å². The molecule has 148 valence electrons. The van der Waals surface area contributed by atoms with E-state index in [1.165, 1.54) is 27.0 Å². The van der Waals surface area contributed by atoms with Crippen molar-refractivity contribution in [1.29, 1.82) is 0 Å². The summed E-state index contributed by atoms with van der Waals surface area (Å²) >= 11 is 0. The van der Waals surface area contributed by atoms with E-state index >= 15 is 0 Å². The second kappa shape index (κ2) is 7.13. The van der Waals surface area contributed by atoms with Crippen LogP contribution in [0.1, 0.15) is 47.1 Å². The average Bonchev–Trinajstić information content (AvgIpc) is 2.86. The van der Waals surface area contributed by atoms with E-state index < -0.39 is 28.5 Å². The van der Waals surface area contributed by atoms with Crippen LogP contribution < -0.4 is 10.4 Å². The molecule has 0 fully saturated rings. The quantitative estimate of drug-likeness (QED) is 0.739. The SMILES string of the molecule is CCOC(=O)C(C)(C)Oc1cc(F)c(C(C)(C)C)cc1-n1nnn(C)c1=O. The molecule has 0 N–H and O–H groups in total. The Bertz CT molecular complexity index is 909. The predicted molar refractivity (Wildman–Crippen MR) is 96.6 cm³/mol. The van der Waals surface area contributed by atoms with Crippen molar-refractivity contribution in [2.75, 3.05) is 6.61 Å². The van der Waals surface area contributed by atoms with E-state index in [0.29, 0.717) is 5.56 Å². The number of aryl methyl sites for hydroxylation is 1. The first-order valence-electron chi connectivity index (χ1n) is 8.58. The van der Waals surface area contributed by atoms with Crippen LogP contribution in [0.25, 0.3) is 5.69 Å². The Hall–Kier alpha value is -2.71. The molecule has 1 heterocycles. The van der Waals surface area contributed by atoms with E-state index in [1.54, 1.807) is 6.92 Å².